The van der Waals surface area contributed by atoms with Crippen LogP contribution < -0.4 is 5.32 Å². The summed E-state index contributed by atoms with van der Waals surface area (Å²) in [6.07, 6.45) is 2.09. The van der Waals surface area contributed by atoms with Crippen molar-refractivity contribution >= 4 is 32.2 Å². The van der Waals surface area contributed by atoms with E-state index in [-0.39, 0.29) is 0 Å². The minimum absolute atomic E-state index is 0.383. The highest BCUT2D eigenvalue weighted by atomic mass is 32.2. The molecule has 1 saturated heterocycles. The molecule has 1 atom stereocenters. The van der Waals surface area contributed by atoms with Crippen molar-refractivity contribution in [2.45, 2.75) is 31.8 Å². The second kappa shape index (κ2) is 5.73. The van der Waals surface area contributed by atoms with Gasteiger partial charge < -0.3 is 5.32 Å². The molecule has 2 aromatic rings. The highest BCUT2D eigenvalue weighted by Gasteiger charge is 2.20. The summed E-state index contributed by atoms with van der Waals surface area (Å²) in [6.45, 7) is 2.23. The number of fused-ring (bicyclic) bond motifs is 1. The van der Waals surface area contributed by atoms with Gasteiger partial charge in [0.05, 0.1) is 0 Å². The molecule has 1 aliphatic heterocycles. The van der Waals surface area contributed by atoms with Crippen LogP contribution in [-0.2, 0) is 10.8 Å². The van der Waals surface area contributed by atoms with E-state index in [9.17, 15) is 4.21 Å². The summed E-state index contributed by atoms with van der Waals surface area (Å²) in [5.74, 6) is 1.72. The van der Waals surface area contributed by atoms with Crippen LogP contribution in [0.3, 0.4) is 0 Å². The van der Waals surface area contributed by atoms with E-state index in [1.807, 2.05) is 11.3 Å². The SMILES string of the molecule is CC(NC1CCS(=O)CC1)c1cc2ccccc2s1. The summed E-state index contributed by atoms with van der Waals surface area (Å²) in [6, 6.07) is 11.7. The number of benzene rings is 1. The Morgan fingerprint density at radius 2 is 2.05 bits per heavy atom. The van der Waals surface area contributed by atoms with E-state index in [4.69, 9.17) is 0 Å². The van der Waals surface area contributed by atoms with Crippen LogP contribution in [-0.4, -0.2) is 21.8 Å². The second-order valence-electron chi connectivity index (χ2n) is 5.20. The lowest BCUT2D eigenvalue weighted by molar-refractivity contribution is 0.430. The van der Waals surface area contributed by atoms with Gasteiger partial charge in [0, 0.05) is 44.0 Å². The van der Waals surface area contributed by atoms with Crippen LogP contribution in [0.25, 0.3) is 10.1 Å². The van der Waals surface area contributed by atoms with Crippen LogP contribution in [0.4, 0.5) is 0 Å². The number of rotatable bonds is 3. The van der Waals surface area contributed by atoms with E-state index in [1.54, 1.807) is 0 Å². The van der Waals surface area contributed by atoms with Gasteiger partial charge in [-0.05, 0) is 37.3 Å². The molecule has 1 aliphatic rings. The van der Waals surface area contributed by atoms with Crippen LogP contribution in [0.2, 0.25) is 0 Å². The maximum absolute atomic E-state index is 11.4. The van der Waals surface area contributed by atoms with Gasteiger partial charge in [0.1, 0.15) is 0 Å². The molecule has 0 amide bonds. The predicted molar refractivity (Wildman–Crippen MR) is 84.3 cm³/mol. The maximum atomic E-state index is 11.4. The molecular formula is C15H19NOS2. The molecule has 0 bridgehead atoms. The van der Waals surface area contributed by atoms with E-state index in [2.05, 4.69) is 42.6 Å². The molecule has 1 unspecified atom stereocenters. The van der Waals surface area contributed by atoms with Gasteiger partial charge in [-0.25, -0.2) is 0 Å². The van der Waals surface area contributed by atoms with Crippen molar-refractivity contribution in [1.82, 2.24) is 5.32 Å². The van der Waals surface area contributed by atoms with Crippen molar-refractivity contribution in [1.29, 1.82) is 0 Å². The first-order chi connectivity index (χ1) is 9.22. The Kier molecular flexibility index (Phi) is 4.01. The molecule has 2 heterocycles. The van der Waals surface area contributed by atoms with Crippen molar-refractivity contribution in [3.8, 4) is 0 Å². The maximum Gasteiger partial charge on any atom is 0.0388 e. The molecule has 0 saturated carbocycles. The first-order valence-electron chi connectivity index (χ1n) is 6.82. The van der Waals surface area contributed by atoms with Gasteiger partial charge in [-0.1, -0.05) is 18.2 Å². The number of thiophene rings is 1. The third kappa shape index (κ3) is 3.07. The molecule has 1 fully saturated rings. The molecule has 0 spiro atoms. The van der Waals surface area contributed by atoms with Gasteiger partial charge in [-0.15, -0.1) is 11.3 Å². The normalized spacial score (nSPS) is 25.5. The van der Waals surface area contributed by atoms with Gasteiger partial charge >= 0.3 is 0 Å². The quantitative estimate of drug-likeness (QED) is 0.939. The van der Waals surface area contributed by atoms with Crippen LogP contribution >= 0.6 is 11.3 Å². The zero-order chi connectivity index (χ0) is 13.2. The van der Waals surface area contributed by atoms with Crippen molar-refractivity contribution in [2.75, 3.05) is 11.5 Å². The summed E-state index contributed by atoms with van der Waals surface area (Å²) in [4.78, 5) is 1.40. The van der Waals surface area contributed by atoms with Crippen molar-refractivity contribution in [3.63, 3.8) is 0 Å². The summed E-state index contributed by atoms with van der Waals surface area (Å²) in [5.41, 5.74) is 0. The first kappa shape index (κ1) is 13.3. The number of nitrogens with one attached hydrogen (secondary N) is 1. The van der Waals surface area contributed by atoms with Crippen LogP contribution in [0.1, 0.15) is 30.7 Å². The Labute approximate surface area is 120 Å². The third-order valence-corrected chi connectivity index (χ3v) is 6.43. The van der Waals surface area contributed by atoms with E-state index in [0.717, 1.165) is 24.3 Å². The standard InChI is InChI=1S/C15H19NOS2/c1-11(16-13-6-8-19(17)9-7-13)15-10-12-4-2-3-5-14(12)18-15/h2-5,10-11,13,16H,6-9H2,1H3. The summed E-state index contributed by atoms with van der Waals surface area (Å²) >= 11 is 1.87. The van der Waals surface area contributed by atoms with E-state index in [1.165, 1.54) is 15.0 Å². The minimum atomic E-state index is -0.570. The van der Waals surface area contributed by atoms with E-state index >= 15 is 0 Å². The van der Waals surface area contributed by atoms with E-state index < -0.39 is 10.8 Å². The second-order valence-corrected chi connectivity index (χ2v) is 8.01. The topological polar surface area (TPSA) is 29.1 Å². The summed E-state index contributed by atoms with van der Waals surface area (Å²) < 4.78 is 12.7. The van der Waals surface area contributed by atoms with Crippen molar-refractivity contribution in [2.24, 2.45) is 0 Å². The molecule has 4 heteroatoms. The molecule has 0 radical (unpaired) electrons. The molecule has 1 N–H and O–H groups in total. The minimum Gasteiger partial charge on any atom is -0.307 e. The van der Waals surface area contributed by atoms with Crippen LogP contribution in [0, 0.1) is 0 Å². The fourth-order valence-corrected chi connectivity index (χ4v) is 4.99. The average Bonchev–Trinajstić information content (AvgIpc) is 2.85. The summed E-state index contributed by atoms with van der Waals surface area (Å²) in [7, 11) is -0.570. The lowest BCUT2D eigenvalue weighted by Crippen LogP contribution is -2.36. The zero-order valence-electron chi connectivity index (χ0n) is 11.1. The smallest absolute Gasteiger partial charge is 0.0388 e. The molecule has 19 heavy (non-hydrogen) atoms. The van der Waals surface area contributed by atoms with Gasteiger partial charge in [0.15, 0.2) is 0 Å². The Hall–Kier alpha value is -0.710. The number of hydrogen-bond donors (Lipinski definition) is 1. The molecule has 1 aromatic carbocycles. The molecule has 2 nitrogen and oxygen atoms in total. The molecule has 3 rings (SSSR count). The Morgan fingerprint density at radius 3 is 2.79 bits per heavy atom. The molecule has 0 aliphatic carbocycles. The Morgan fingerprint density at radius 1 is 1.32 bits per heavy atom. The van der Waals surface area contributed by atoms with Gasteiger partial charge in [-0.2, -0.15) is 0 Å². The Bertz CT molecular complexity index is 550. The lowest BCUT2D eigenvalue weighted by Gasteiger charge is -2.25. The Balaban J connectivity index is 1.69. The first-order valence-corrected chi connectivity index (χ1v) is 9.12. The van der Waals surface area contributed by atoms with Crippen LogP contribution in [0.15, 0.2) is 30.3 Å². The van der Waals surface area contributed by atoms with Crippen LogP contribution in [0.5, 0.6) is 0 Å². The highest BCUT2D eigenvalue weighted by molar-refractivity contribution is 7.85. The fourth-order valence-electron chi connectivity index (χ4n) is 2.61. The van der Waals surface area contributed by atoms with Gasteiger partial charge in [0.25, 0.3) is 0 Å². The molecule has 1 aromatic heterocycles. The van der Waals surface area contributed by atoms with Gasteiger partial charge in [0.2, 0.25) is 0 Å². The number of hydrogen-bond acceptors (Lipinski definition) is 3. The van der Waals surface area contributed by atoms with Crippen molar-refractivity contribution in [3.05, 3.63) is 35.2 Å². The summed E-state index contributed by atoms with van der Waals surface area (Å²) in [5, 5.41) is 5.03. The largest absolute Gasteiger partial charge is 0.307 e. The third-order valence-electron chi connectivity index (χ3n) is 3.75. The predicted octanol–water partition coefficient (Wildman–Crippen LogP) is 3.46. The fraction of sp³-hybridized carbons (Fsp3) is 0.467. The highest BCUT2D eigenvalue weighted by Crippen LogP contribution is 2.30. The monoisotopic (exact) mass is 293 g/mol. The molecular weight excluding hydrogens is 274 g/mol. The zero-order valence-corrected chi connectivity index (χ0v) is 12.7. The average molecular weight is 293 g/mol. The van der Waals surface area contributed by atoms with E-state index in [0.29, 0.717) is 12.1 Å². The molecule has 102 valence electrons. The lowest BCUT2D eigenvalue weighted by atomic mass is 10.1. The van der Waals surface area contributed by atoms with Crippen molar-refractivity contribution < 1.29 is 4.21 Å². The van der Waals surface area contributed by atoms with Gasteiger partial charge in [-0.3, -0.25) is 4.21 Å².